The summed E-state index contributed by atoms with van der Waals surface area (Å²) in [6.45, 7) is -0.451. The lowest BCUT2D eigenvalue weighted by Gasteiger charge is -1.98. The van der Waals surface area contributed by atoms with E-state index in [1.165, 1.54) is 24.3 Å². The number of hydrogen-bond donors (Lipinski definition) is 2. The average Bonchev–Trinajstić information content (AvgIpc) is 2.66. The Morgan fingerprint density at radius 1 is 1.42 bits per heavy atom. The summed E-state index contributed by atoms with van der Waals surface area (Å²) < 4.78 is 13.9. The molecule has 3 N–H and O–H groups in total. The molecule has 1 aromatic carbocycles. The third kappa shape index (κ3) is 2.44. The zero-order valence-electron chi connectivity index (χ0n) is 9.71. The van der Waals surface area contributed by atoms with Crippen LogP contribution >= 0.6 is 0 Å². The predicted octanol–water partition coefficient (Wildman–Crippen LogP) is 1.17. The molecule has 0 spiro atoms. The minimum atomic E-state index is -1.13. The lowest BCUT2D eigenvalue weighted by Crippen LogP contribution is -2.12. The van der Waals surface area contributed by atoms with E-state index in [2.05, 4.69) is 5.10 Å². The van der Waals surface area contributed by atoms with E-state index in [1.54, 1.807) is 0 Å². The molecule has 0 amide bonds. The molecule has 0 atom stereocenters. The van der Waals surface area contributed by atoms with Crippen molar-refractivity contribution in [2.75, 3.05) is 5.73 Å². The monoisotopic (exact) mass is 263 g/mol. The maximum Gasteiger partial charge on any atom is 0.325 e. The van der Waals surface area contributed by atoms with Crippen molar-refractivity contribution < 1.29 is 19.1 Å². The predicted molar refractivity (Wildman–Crippen MR) is 65.1 cm³/mol. The Kier molecular flexibility index (Phi) is 3.28. The minimum Gasteiger partial charge on any atom is -0.480 e. The van der Waals surface area contributed by atoms with E-state index in [4.69, 9.17) is 10.8 Å². The highest BCUT2D eigenvalue weighted by atomic mass is 19.1. The molecule has 7 heteroatoms. The third-order valence-corrected chi connectivity index (χ3v) is 2.55. The van der Waals surface area contributed by atoms with Gasteiger partial charge in [-0.1, -0.05) is 0 Å². The van der Waals surface area contributed by atoms with Gasteiger partial charge in [0, 0.05) is 5.56 Å². The summed E-state index contributed by atoms with van der Waals surface area (Å²) in [5.74, 6) is -1.58. The maximum absolute atomic E-state index is 12.8. The molecule has 0 radical (unpaired) electrons. The highest BCUT2D eigenvalue weighted by Crippen LogP contribution is 2.25. The van der Waals surface area contributed by atoms with Crippen molar-refractivity contribution in [1.29, 1.82) is 0 Å². The van der Waals surface area contributed by atoms with Crippen molar-refractivity contribution >= 4 is 18.1 Å². The van der Waals surface area contributed by atoms with Crippen LogP contribution in [-0.4, -0.2) is 27.1 Å². The molecule has 0 aliphatic rings. The smallest absolute Gasteiger partial charge is 0.325 e. The molecule has 0 aliphatic carbocycles. The van der Waals surface area contributed by atoms with Gasteiger partial charge in [-0.25, -0.2) is 9.07 Å². The number of hydrogen-bond acceptors (Lipinski definition) is 4. The van der Waals surface area contributed by atoms with Crippen LogP contribution in [0.25, 0.3) is 11.3 Å². The van der Waals surface area contributed by atoms with Gasteiger partial charge in [0.15, 0.2) is 6.29 Å². The number of halogens is 1. The Balaban J connectivity index is 2.53. The van der Waals surface area contributed by atoms with Crippen molar-refractivity contribution in [2.45, 2.75) is 6.54 Å². The van der Waals surface area contributed by atoms with Crippen LogP contribution in [-0.2, 0) is 11.3 Å². The first kappa shape index (κ1) is 12.7. The summed E-state index contributed by atoms with van der Waals surface area (Å²) in [5.41, 5.74) is 6.47. The largest absolute Gasteiger partial charge is 0.480 e. The highest BCUT2D eigenvalue weighted by molar-refractivity contribution is 5.91. The number of carbonyl (C=O) groups excluding carboxylic acids is 1. The number of nitrogens with two attached hydrogens (primary N) is 1. The Hall–Kier alpha value is -2.70. The van der Waals surface area contributed by atoms with Gasteiger partial charge in [-0.3, -0.25) is 9.59 Å². The number of aliphatic carboxylic acids is 1. The molecule has 1 aromatic heterocycles. The van der Waals surface area contributed by atoms with E-state index in [0.717, 1.165) is 4.68 Å². The van der Waals surface area contributed by atoms with E-state index in [-0.39, 0.29) is 17.1 Å². The van der Waals surface area contributed by atoms with Gasteiger partial charge in [0.25, 0.3) is 0 Å². The third-order valence-electron chi connectivity index (χ3n) is 2.55. The molecular formula is C12H10FN3O3. The number of rotatable bonds is 4. The number of anilines is 1. The first-order valence-corrected chi connectivity index (χ1v) is 5.32. The molecule has 0 saturated heterocycles. The van der Waals surface area contributed by atoms with Gasteiger partial charge in [0.05, 0.1) is 5.56 Å². The fourth-order valence-electron chi connectivity index (χ4n) is 1.67. The quantitative estimate of drug-likeness (QED) is 0.807. The topological polar surface area (TPSA) is 98.2 Å². The lowest BCUT2D eigenvalue weighted by atomic mass is 10.1. The fourth-order valence-corrected chi connectivity index (χ4v) is 1.67. The molecular weight excluding hydrogens is 253 g/mol. The lowest BCUT2D eigenvalue weighted by molar-refractivity contribution is -0.137. The SMILES string of the molecule is Nc1c(C=O)c(-c2ccc(F)cc2)nn1CC(=O)O. The number of aldehydes is 1. The molecule has 98 valence electrons. The number of carbonyl (C=O) groups is 2. The summed E-state index contributed by atoms with van der Waals surface area (Å²) in [4.78, 5) is 21.7. The summed E-state index contributed by atoms with van der Waals surface area (Å²) >= 11 is 0. The van der Waals surface area contributed by atoms with Gasteiger partial charge in [0.2, 0.25) is 0 Å². The Labute approximate surface area is 107 Å². The van der Waals surface area contributed by atoms with Gasteiger partial charge < -0.3 is 10.8 Å². The molecule has 2 rings (SSSR count). The average molecular weight is 263 g/mol. The number of nitrogens with zero attached hydrogens (tertiary/aromatic N) is 2. The van der Waals surface area contributed by atoms with Gasteiger partial charge in [-0.2, -0.15) is 5.10 Å². The standard InChI is InChI=1S/C12H10FN3O3/c13-8-3-1-7(2-4-8)11-9(6-17)12(14)16(15-11)5-10(18)19/h1-4,6H,5,14H2,(H,18,19). The Morgan fingerprint density at radius 3 is 2.58 bits per heavy atom. The van der Waals surface area contributed by atoms with E-state index in [9.17, 15) is 14.0 Å². The normalized spacial score (nSPS) is 10.4. The Bertz CT molecular complexity index is 634. The summed E-state index contributed by atoms with van der Waals surface area (Å²) in [6.07, 6.45) is 0.499. The first-order valence-electron chi connectivity index (χ1n) is 5.32. The van der Waals surface area contributed by atoms with E-state index in [0.29, 0.717) is 11.8 Å². The van der Waals surface area contributed by atoms with Crippen molar-refractivity contribution in [1.82, 2.24) is 9.78 Å². The van der Waals surface area contributed by atoms with E-state index >= 15 is 0 Å². The Morgan fingerprint density at radius 2 is 2.05 bits per heavy atom. The molecule has 0 aliphatic heterocycles. The van der Waals surface area contributed by atoms with Crippen LogP contribution in [0.15, 0.2) is 24.3 Å². The number of carboxylic acid groups (broad SMARTS) is 1. The van der Waals surface area contributed by atoms with Crippen LogP contribution in [0, 0.1) is 5.82 Å². The summed E-state index contributed by atoms with van der Waals surface area (Å²) in [5, 5.41) is 12.7. The van der Waals surface area contributed by atoms with E-state index in [1.807, 2.05) is 0 Å². The van der Waals surface area contributed by atoms with Gasteiger partial charge in [-0.05, 0) is 24.3 Å². The van der Waals surface area contributed by atoms with Crippen LogP contribution in [0.2, 0.25) is 0 Å². The number of benzene rings is 1. The number of nitrogen functional groups attached to an aromatic ring is 1. The fraction of sp³-hybridized carbons (Fsp3) is 0.0833. The van der Waals surface area contributed by atoms with E-state index < -0.39 is 18.3 Å². The molecule has 0 saturated carbocycles. The minimum absolute atomic E-state index is 0.0308. The number of aromatic nitrogens is 2. The zero-order chi connectivity index (χ0) is 14.0. The molecule has 1 heterocycles. The molecule has 0 bridgehead atoms. The van der Waals surface area contributed by atoms with Crippen molar-refractivity contribution in [3.05, 3.63) is 35.6 Å². The second-order valence-electron chi connectivity index (χ2n) is 3.82. The van der Waals surface area contributed by atoms with Crippen LogP contribution in [0.3, 0.4) is 0 Å². The molecule has 19 heavy (non-hydrogen) atoms. The number of carboxylic acids is 1. The van der Waals surface area contributed by atoms with Gasteiger partial charge >= 0.3 is 5.97 Å². The first-order chi connectivity index (χ1) is 9.02. The molecule has 0 unspecified atom stereocenters. The van der Waals surface area contributed by atoms with Crippen LogP contribution < -0.4 is 5.73 Å². The van der Waals surface area contributed by atoms with Crippen molar-refractivity contribution in [3.63, 3.8) is 0 Å². The maximum atomic E-state index is 12.8. The highest BCUT2D eigenvalue weighted by Gasteiger charge is 2.17. The zero-order valence-corrected chi connectivity index (χ0v) is 9.71. The molecule has 0 fully saturated rings. The molecule has 2 aromatic rings. The second-order valence-corrected chi connectivity index (χ2v) is 3.82. The van der Waals surface area contributed by atoms with Gasteiger partial charge in [-0.15, -0.1) is 0 Å². The van der Waals surface area contributed by atoms with Crippen LogP contribution in [0.1, 0.15) is 10.4 Å². The van der Waals surface area contributed by atoms with Crippen molar-refractivity contribution in [3.8, 4) is 11.3 Å². The van der Waals surface area contributed by atoms with Gasteiger partial charge in [0.1, 0.15) is 23.9 Å². The van der Waals surface area contributed by atoms with Crippen LogP contribution in [0.4, 0.5) is 10.2 Å². The van der Waals surface area contributed by atoms with Crippen molar-refractivity contribution in [2.24, 2.45) is 0 Å². The van der Waals surface area contributed by atoms with Crippen LogP contribution in [0.5, 0.6) is 0 Å². The molecule has 6 nitrogen and oxygen atoms in total. The summed E-state index contributed by atoms with van der Waals surface area (Å²) in [7, 11) is 0. The summed E-state index contributed by atoms with van der Waals surface area (Å²) in [6, 6.07) is 5.32. The second kappa shape index (κ2) is 4.89.